The van der Waals surface area contributed by atoms with Gasteiger partial charge in [-0.1, -0.05) is 286 Å². The van der Waals surface area contributed by atoms with E-state index in [0.717, 1.165) is 127 Å². The van der Waals surface area contributed by atoms with Gasteiger partial charge in [0.15, 0.2) is 0 Å². The minimum atomic E-state index is -0.216. The minimum absolute atomic E-state index is 0.213. The summed E-state index contributed by atoms with van der Waals surface area (Å²) < 4.78 is 21.7. The highest BCUT2D eigenvalue weighted by Crippen LogP contribution is 2.57. The molecule has 0 bridgehead atoms. The van der Waals surface area contributed by atoms with Crippen molar-refractivity contribution in [3.05, 3.63) is 266 Å². The van der Waals surface area contributed by atoms with Crippen LogP contribution in [0, 0.1) is 20.8 Å². The van der Waals surface area contributed by atoms with Crippen LogP contribution in [-0.4, -0.2) is 33.0 Å². The number of hydrogen-bond acceptors (Lipinski definition) is 3. The highest BCUT2D eigenvalue weighted by atomic mass is 16.4. The molecule has 0 amide bonds. The number of benzene rings is 12. The van der Waals surface area contributed by atoms with Gasteiger partial charge in [0.1, 0.15) is 0 Å². The summed E-state index contributed by atoms with van der Waals surface area (Å²) in [6.07, 6.45) is 0. The van der Waals surface area contributed by atoms with Gasteiger partial charge in [0.2, 0.25) is 5.89 Å². The van der Waals surface area contributed by atoms with Crippen molar-refractivity contribution in [2.24, 2.45) is 0 Å². The van der Waals surface area contributed by atoms with Gasteiger partial charge in [-0.15, -0.1) is 10.2 Å². The summed E-state index contributed by atoms with van der Waals surface area (Å²) in [5.74, 6) is 0.828. The minimum Gasteiger partial charge on any atom is -0.416 e. The van der Waals surface area contributed by atoms with Gasteiger partial charge in [0.05, 0.1) is 89.2 Å². The highest BCUT2D eigenvalue weighted by molar-refractivity contribution is 6.20. The molecule has 12 aromatic carbocycles. The molecule has 6 aromatic heterocycles. The predicted molar refractivity (Wildman–Crippen MR) is 538 cm³/mol. The summed E-state index contributed by atoms with van der Waals surface area (Å²) in [6.45, 7) is 77.4. The van der Waals surface area contributed by atoms with Crippen LogP contribution in [0.1, 0.15) is 280 Å². The zero-order valence-electron chi connectivity index (χ0n) is 81.0. The molecule has 8 heteroatoms. The van der Waals surface area contributed by atoms with Crippen molar-refractivity contribution in [1.29, 1.82) is 0 Å². The van der Waals surface area contributed by atoms with E-state index in [1.807, 2.05) is 0 Å². The fourth-order valence-corrected chi connectivity index (χ4v) is 19.9. The summed E-state index contributed by atoms with van der Waals surface area (Å²) in [5, 5.41) is 23.0. The maximum atomic E-state index is 8.23. The van der Waals surface area contributed by atoms with Crippen molar-refractivity contribution in [1.82, 2.24) is 33.0 Å². The third-order valence-corrected chi connectivity index (χ3v) is 27.5. The molecule has 0 fully saturated rings. The number of nitrogens with zero attached hydrogens (tertiary/aromatic N) is 7. The molecule has 18 rings (SSSR count). The van der Waals surface area contributed by atoms with Crippen LogP contribution in [-0.2, 0) is 54.1 Å². The van der Waals surface area contributed by atoms with E-state index in [1.165, 1.54) is 93.5 Å². The first-order valence-electron chi connectivity index (χ1n) is 45.7. The van der Waals surface area contributed by atoms with E-state index in [0.29, 0.717) is 11.8 Å². The molecular weight excluding hydrogens is 1520 g/mol. The van der Waals surface area contributed by atoms with Gasteiger partial charge in [-0.25, -0.2) is 0 Å². The van der Waals surface area contributed by atoms with Crippen LogP contribution in [0.3, 0.4) is 0 Å². The molecule has 0 radical (unpaired) electrons. The Bertz CT molecular complexity index is 6860. The molecule has 0 aliphatic carbocycles. The lowest BCUT2D eigenvalue weighted by molar-refractivity contribution is 0.583. The van der Waals surface area contributed by atoms with Crippen molar-refractivity contribution >= 4 is 109 Å². The Morgan fingerprint density at radius 1 is 0.184 bits per heavy atom. The van der Waals surface area contributed by atoms with Gasteiger partial charge in [-0.05, 0) is 263 Å². The summed E-state index contributed by atoms with van der Waals surface area (Å²) in [7, 11) is 0. The Labute approximate surface area is 742 Å². The van der Waals surface area contributed by atoms with Crippen molar-refractivity contribution in [3.8, 4) is 51.3 Å². The summed E-state index contributed by atoms with van der Waals surface area (Å²) in [6, 6.07) is 78.5. The quantitative estimate of drug-likeness (QED) is 0.160. The van der Waals surface area contributed by atoms with Crippen LogP contribution in [0.5, 0.6) is 0 Å². The standard InChI is InChI=1S/C117H131N7O/c1-66-54-67(2)99(68(3)55-66)106-118-119-107(125-106)100-101(120-89-44-34-69(108(4,5)6)56-79(89)80-57-70(109(7,8)9)35-45-90(80)120)103(122-93-48-38-73(112(16,17)18)60-83(93)84-61-74(113(19,20)21)39-49-94(84)122)105(124-97-52-42-77(116(28,29)30)64-87(97)88-65-78(117(31,32)33)43-53-98(88)124)104(123-95-50-40-75(114(22,23)24)62-85(95)86-63-76(115(25,26)27)41-51-96(86)123)102(100)121-91-46-36-71(110(10,11)12)58-81(91)82-59-72(111(13,14)15)37-47-92(82)121/h34-65H,1-33H3. The van der Waals surface area contributed by atoms with E-state index < -0.39 is 0 Å². The summed E-state index contributed by atoms with van der Waals surface area (Å²) in [4.78, 5) is 0. The molecule has 640 valence electrons. The summed E-state index contributed by atoms with van der Waals surface area (Å²) in [5.41, 5.74) is 30.5. The molecule has 0 saturated carbocycles. The third-order valence-electron chi connectivity index (χ3n) is 27.5. The topological polar surface area (TPSA) is 63.6 Å². The van der Waals surface area contributed by atoms with E-state index in [4.69, 9.17) is 14.6 Å². The van der Waals surface area contributed by atoms with Crippen LogP contribution < -0.4 is 0 Å². The van der Waals surface area contributed by atoms with Crippen LogP contribution in [0.15, 0.2) is 199 Å². The van der Waals surface area contributed by atoms with Crippen molar-refractivity contribution < 1.29 is 4.42 Å². The monoisotopic (exact) mass is 1650 g/mol. The van der Waals surface area contributed by atoms with Crippen LogP contribution >= 0.6 is 0 Å². The molecule has 0 unspecified atom stereocenters. The lowest BCUT2D eigenvalue weighted by atomic mass is 9.85. The van der Waals surface area contributed by atoms with Crippen LogP contribution in [0.4, 0.5) is 0 Å². The maximum absolute atomic E-state index is 8.23. The largest absolute Gasteiger partial charge is 0.416 e. The molecule has 125 heavy (non-hydrogen) atoms. The second kappa shape index (κ2) is 27.9. The molecule has 18 aromatic rings. The Balaban J connectivity index is 1.28. The van der Waals surface area contributed by atoms with Crippen molar-refractivity contribution in [2.75, 3.05) is 0 Å². The first kappa shape index (κ1) is 84.6. The Kier molecular flexibility index (Phi) is 18.9. The van der Waals surface area contributed by atoms with Gasteiger partial charge < -0.3 is 27.3 Å². The molecular formula is C117H131N7O. The highest BCUT2D eigenvalue weighted by Gasteiger charge is 2.41. The second-order valence-corrected chi connectivity index (χ2v) is 47.3. The average Bonchev–Trinajstić information content (AvgIpc) is 1.53. The normalized spacial score (nSPS) is 13.6. The fraction of sp³-hybridized carbons (Fsp3) is 0.368. The first-order valence-corrected chi connectivity index (χ1v) is 45.7. The molecule has 6 heterocycles. The zero-order valence-corrected chi connectivity index (χ0v) is 81.0. The Hall–Kier alpha value is -11.2. The van der Waals surface area contributed by atoms with Gasteiger partial charge >= 0.3 is 0 Å². The van der Waals surface area contributed by atoms with Gasteiger partial charge in [0.25, 0.3) is 5.89 Å². The molecule has 0 aliphatic rings. The molecule has 8 nitrogen and oxygen atoms in total. The molecule has 0 saturated heterocycles. The van der Waals surface area contributed by atoms with Gasteiger partial charge in [-0.2, -0.15) is 0 Å². The molecule has 0 spiro atoms. The number of aromatic nitrogens is 7. The number of fused-ring (bicyclic) bond motifs is 15. The van der Waals surface area contributed by atoms with E-state index in [9.17, 15) is 0 Å². The number of aryl methyl sites for hydroxylation is 3. The van der Waals surface area contributed by atoms with Crippen LogP contribution in [0.25, 0.3) is 160 Å². The van der Waals surface area contributed by atoms with Crippen molar-refractivity contribution in [3.63, 3.8) is 0 Å². The predicted octanol–water partition coefficient (Wildman–Crippen LogP) is 32.8. The van der Waals surface area contributed by atoms with E-state index in [2.05, 4.69) is 445 Å². The SMILES string of the molecule is Cc1cc(C)c(-c2nnc(-c3c(-n4c5ccc(C(C)(C)C)cc5c5cc(C(C)(C)C)ccc54)c(-n4c5ccc(C(C)(C)C)cc5c5cc(C(C)(C)C)ccc54)c(-n4c5ccc(C(C)(C)C)cc5c5cc(C(C)(C)C)ccc54)c(-n4c5ccc(C(C)(C)C)cc5c5cc(C(C)(C)C)ccc54)c3-n3c4ccc(C(C)(C)C)cc4c4cc(C(C)(C)C)ccc43)o2)c(C)c1. The lowest BCUT2D eigenvalue weighted by Crippen LogP contribution is -2.19. The Morgan fingerprint density at radius 2 is 0.328 bits per heavy atom. The zero-order chi connectivity index (χ0) is 89.9. The van der Waals surface area contributed by atoms with Crippen LogP contribution in [0.2, 0.25) is 0 Å². The smallest absolute Gasteiger partial charge is 0.252 e. The maximum Gasteiger partial charge on any atom is 0.252 e. The Morgan fingerprint density at radius 3 is 0.488 bits per heavy atom. The first-order chi connectivity index (χ1) is 58.0. The average molecular weight is 1650 g/mol. The van der Waals surface area contributed by atoms with E-state index >= 15 is 0 Å². The third kappa shape index (κ3) is 13.9. The second-order valence-electron chi connectivity index (χ2n) is 47.3. The molecule has 0 N–H and O–H groups in total. The number of hydrogen-bond donors (Lipinski definition) is 0. The number of rotatable bonds is 7. The van der Waals surface area contributed by atoms with Crippen molar-refractivity contribution in [2.45, 2.75) is 283 Å². The summed E-state index contributed by atoms with van der Waals surface area (Å²) >= 11 is 0. The van der Waals surface area contributed by atoms with Gasteiger partial charge in [-0.3, -0.25) is 0 Å². The van der Waals surface area contributed by atoms with E-state index in [-0.39, 0.29) is 54.1 Å². The van der Waals surface area contributed by atoms with Gasteiger partial charge in [0, 0.05) is 59.4 Å². The molecule has 0 aliphatic heterocycles. The lowest BCUT2D eigenvalue weighted by Gasteiger charge is -2.31. The molecule has 0 atom stereocenters. The fourth-order valence-electron chi connectivity index (χ4n) is 19.9. The van der Waals surface area contributed by atoms with E-state index in [1.54, 1.807) is 0 Å².